The van der Waals surface area contributed by atoms with Crippen LogP contribution >= 0.6 is 11.6 Å². The van der Waals surface area contributed by atoms with Crippen molar-refractivity contribution in [2.75, 3.05) is 0 Å². The quantitative estimate of drug-likeness (QED) is 0.754. The summed E-state index contributed by atoms with van der Waals surface area (Å²) < 4.78 is 0. The summed E-state index contributed by atoms with van der Waals surface area (Å²) in [6.07, 6.45) is 7.76. The number of nitrogens with one attached hydrogen (secondary N) is 1. The number of aryl methyl sites for hydroxylation is 2. The SMILES string of the molecule is Clc1ccc2[nH]cc(CCc3ccncc3)c2c1. The molecule has 90 valence electrons. The molecule has 2 heterocycles. The van der Waals surface area contributed by atoms with Gasteiger partial charge in [0.1, 0.15) is 0 Å². The topological polar surface area (TPSA) is 28.7 Å². The molecule has 3 aromatic rings. The molecule has 0 saturated heterocycles. The number of aromatic amines is 1. The van der Waals surface area contributed by atoms with Crippen molar-refractivity contribution in [3.8, 4) is 0 Å². The first kappa shape index (κ1) is 11.3. The van der Waals surface area contributed by atoms with Gasteiger partial charge in [0.15, 0.2) is 0 Å². The van der Waals surface area contributed by atoms with Gasteiger partial charge in [-0.3, -0.25) is 4.98 Å². The fourth-order valence-electron chi connectivity index (χ4n) is 2.19. The lowest BCUT2D eigenvalue weighted by Gasteiger charge is -2.00. The van der Waals surface area contributed by atoms with E-state index in [0.717, 1.165) is 23.4 Å². The Balaban J connectivity index is 1.85. The van der Waals surface area contributed by atoms with Crippen molar-refractivity contribution >= 4 is 22.5 Å². The van der Waals surface area contributed by atoms with Crippen LogP contribution in [0.2, 0.25) is 5.02 Å². The molecule has 18 heavy (non-hydrogen) atoms. The summed E-state index contributed by atoms with van der Waals surface area (Å²) in [5.41, 5.74) is 3.76. The molecule has 3 rings (SSSR count). The Morgan fingerprint density at radius 2 is 1.89 bits per heavy atom. The zero-order chi connectivity index (χ0) is 12.4. The molecule has 1 aromatic carbocycles. The second-order valence-corrected chi connectivity index (χ2v) is 4.80. The molecule has 0 amide bonds. The molecule has 0 radical (unpaired) electrons. The smallest absolute Gasteiger partial charge is 0.0457 e. The van der Waals surface area contributed by atoms with E-state index in [1.807, 2.05) is 30.6 Å². The van der Waals surface area contributed by atoms with Crippen LogP contribution < -0.4 is 0 Å². The van der Waals surface area contributed by atoms with Gasteiger partial charge in [0.2, 0.25) is 0 Å². The van der Waals surface area contributed by atoms with Gasteiger partial charge in [-0.2, -0.15) is 0 Å². The lowest BCUT2D eigenvalue weighted by Crippen LogP contribution is -1.90. The molecule has 0 aliphatic rings. The summed E-state index contributed by atoms with van der Waals surface area (Å²) in [6, 6.07) is 10.1. The molecule has 0 bridgehead atoms. The largest absolute Gasteiger partial charge is 0.361 e. The van der Waals surface area contributed by atoms with Crippen LogP contribution in [0, 0.1) is 0 Å². The Hall–Kier alpha value is -1.80. The molecule has 3 heteroatoms. The molecule has 0 spiro atoms. The first-order valence-corrected chi connectivity index (χ1v) is 6.35. The van der Waals surface area contributed by atoms with Crippen LogP contribution in [-0.2, 0) is 12.8 Å². The van der Waals surface area contributed by atoms with E-state index in [4.69, 9.17) is 11.6 Å². The van der Waals surface area contributed by atoms with E-state index in [2.05, 4.69) is 28.3 Å². The van der Waals surface area contributed by atoms with Crippen LogP contribution in [0.1, 0.15) is 11.1 Å². The molecule has 0 saturated carbocycles. The van der Waals surface area contributed by atoms with Gasteiger partial charge in [0.25, 0.3) is 0 Å². The van der Waals surface area contributed by atoms with E-state index in [0.29, 0.717) is 0 Å². The van der Waals surface area contributed by atoms with Gasteiger partial charge in [0.05, 0.1) is 0 Å². The van der Waals surface area contributed by atoms with Crippen molar-refractivity contribution < 1.29 is 0 Å². The highest BCUT2D eigenvalue weighted by atomic mass is 35.5. The van der Waals surface area contributed by atoms with Gasteiger partial charge in [-0.05, 0) is 54.3 Å². The lowest BCUT2D eigenvalue weighted by atomic mass is 10.0. The number of hydrogen-bond acceptors (Lipinski definition) is 1. The highest BCUT2D eigenvalue weighted by Crippen LogP contribution is 2.23. The number of fused-ring (bicyclic) bond motifs is 1. The highest BCUT2D eigenvalue weighted by molar-refractivity contribution is 6.31. The van der Waals surface area contributed by atoms with E-state index in [1.165, 1.54) is 16.5 Å². The number of hydrogen-bond donors (Lipinski definition) is 1. The first-order valence-electron chi connectivity index (χ1n) is 5.97. The number of H-pyrrole nitrogens is 1. The monoisotopic (exact) mass is 256 g/mol. The average Bonchev–Trinajstić information content (AvgIpc) is 2.80. The van der Waals surface area contributed by atoms with Gasteiger partial charge in [-0.15, -0.1) is 0 Å². The van der Waals surface area contributed by atoms with E-state index in [-0.39, 0.29) is 0 Å². The molecular formula is C15H13ClN2. The van der Waals surface area contributed by atoms with Crippen LogP contribution in [-0.4, -0.2) is 9.97 Å². The van der Waals surface area contributed by atoms with Gasteiger partial charge in [0, 0.05) is 34.5 Å². The van der Waals surface area contributed by atoms with E-state index >= 15 is 0 Å². The molecule has 0 unspecified atom stereocenters. The van der Waals surface area contributed by atoms with Gasteiger partial charge in [-0.25, -0.2) is 0 Å². The van der Waals surface area contributed by atoms with Crippen molar-refractivity contribution in [3.05, 3.63) is 65.1 Å². The van der Waals surface area contributed by atoms with Crippen LogP contribution in [0.15, 0.2) is 48.9 Å². The zero-order valence-electron chi connectivity index (χ0n) is 9.86. The Labute approximate surface area is 111 Å². The molecule has 0 aliphatic carbocycles. The number of nitrogens with zero attached hydrogens (tertiary/aromatic N) is 1. The van der Waals surface area contributed by atoms with Crippen LogP contribution in [0.25, 0.3) is 10.9 Å². The normalized spacial score (nSPS) is 10.9. The fourth-order valence-corrected chi connectivity index (χ4v) is 2.36. The minimum absolute atomic E-state index is 0.785. The van der Waals surface area contributed by atoms with E-state index < -0.39 is 0 Å². The number of aromatic nitrogens is 2. The fraction of sp³-hybridized carbons (Fsp3) is 0.133. The minimum atomic E-state index is 0.785. The Kier molecular flexibility index (Phi) is 3.03. The van der Waals surface area contributed by atoms with Crippen LogP contribution in [0.3, 0.4) is 0 Å². The summed E-state index contributed by atoms with van der Waals surface area (Å²) in [4.78, 5) is 7.31. The summed E-state index contributed by atoms with van der Waals surface area (Å²) in [7, 11) is 0. The molecular weight excluding hydrogens is 244 g/mol. The number of halogens is 1. The van der Waals surface area contributed by atoms with Crippen LogP contribution in [0.4, 0.5) is 0 Å². The van der Waals surface area contributed by atoms with Gasteiger partial charge in [-0.1, -0.05) is 11.6 Å². The third-order valence-electron chi connectivity index (χ3n) is 3.16. The average molecular weight is 257 g/mol. The predicted molar refractivity (Wildman–Crippen MR) is 75.0 cm³/mol. The molecule has 1 N–H and O–H groups in total. The summed E-state index contributed by atoms with van der Waals surface area (Å²) in [5, 5.41) is 2.00. The zero-order valence-corrected chi connectivity index (χ0v) is 10.6. The lowest BCUT2D eigenvalue weighted by molar-refractivity contribution is 0.963. The Bertz CT molecular complexity index is 659. The first-order chi connectivity index (χ1) is 8.83. The highest BCUT2D eigenvalue weighted by Gasteiger charge is 2.04. The molecule has 0 aliphatic heterocycles. The Morgan fingerprint density at radius 1 is 1.06 bits per heavy atom. The summed E-state index contributed by atoms with van der Waals surface area (Å²) >= 11 is 6.04. The summed E-state index contributed by atoms with van der Waals surface area (Å²) in [5.74, 6) is 0. The maximum Gasteiger partial charge on any atom is 0.0457 e. The van der Waals surface area contributed by atoms with Crippen molar-refractivity contribution in [3.63, 3.8) is 0 Å². The van der Waals surface area contributed by atoms with Crippen molar-refractivity contribution in [2.45, 2.75) is 12.8 Å². The molecule has 2 nitrogen and oxygen atoms in total. The predicted octanol–water partition coefficient (Wildman–Crippen LogP) is 4.00. The maximum absolute atomic E-state index is 6.04. The maximum atomic E-state index is 6.04. The second-order valence-electron chi connectivity index (χ2n) is 4.36. The standard InChI is InChI=1S/C15H13ClN2/c16-13-3-4-15-14(9-13)12(10-18-15)2-1-11-5-7-17-8-6-11/h3-10,18H,1-2H2. The number of rotatable bonds is 3. The minimum Gasteiger partial charge on any atom is -0.361 e. The number of pyridine rings is 1. The summed E-state index contributed by atoms with van der Waals surface area (Å²) in [6.45, 7) is 0. The number of benzene rings is 1. The third-order valence-corrected chi connectivity index (χ3v) is 3.40. The van der Waals surface area contributed by atoms with E-state index in [9.17, 15) is 0 Å². The second kappa shape index (κ2) is 4.83. The van der Waals surface area contributed by atoms with Crippen molar-refractivity contribution in [2.24, 2.45) is 0 Å². The Morgan fingerprint density at radius 3 is 2.72 bits per heavy atom. The third kappa shape index (κ3) is 2.24. The molecule has 0 atom stereocenters. The van der Waals surface area contributed by atoms with Crippen molar-refractivity contribution in [1.29, 1.82) is 0 Å². The van der Waals surface area contributed by atoms with E-state index in [1.54, 1.807) is 0 Å². The molecule has 2 aromatic heterocycles. The molecule has 0 fully saturated rings. The van der Waals surface area contributed by atoms with Crippen LogP contribution in [0.5, 0.6) is 0 Å². The van der Waals surface area contributed by atoms with Crippen molar-refractivity contribution in [1.82, 2.24) is 9.97 Å². The van der Waals surface area contributed by atoms with Gasteiger partial charge < -0.3 is 4.98 Å². The van der Waals surface area contributed by atoms with Gasteiger partial charge >= 0.3 is 0 Å².